The fourth-order valence-electron chi connectivity index (χ4n) is 3.06. The summed E-state index contributed by atoms with van der Waals surface area (Å²) in [5.41, 5.74) is 0.796. The standard InChI is InChI=1S/C14H18N4O4/c19-8-11-2-1-10(22-11)6-18-5-9(3-14(20)21)12(7-18)13-4-15-17-16-13/h1-2,4,9,12,19H,3,5-8H2,(H,20,21)(H,15,16,17)/t9-,12+/m1/s1. The summed E-state index contributed by atoms with van der Waals surface area (Å²) < 4.78 is 5.49. The van der Waals surface area contributed by atoms with Crippen LogP contribution in [0.4, 0.5) is 0 Å². The number of aromatic nitrogens is 3. The Morgan fingerprint density at radius 1 is 1.41 bits per heavy atom. The number of aliphatic hydroxyl groups excluding tert-OH is 1. The lowest BCUT2D eigenvalue weighted by molar-refractivity contribution is -0.138. The molecule has 0 bridgehead atoms. The van der Waals surface area contributed by atoms with Gasteiger partial charge in [0.05, 0.1) is 24.9 Å². The minimum absolute atomic E-state index is 0.00475. The monoisotopic (exact) mass is 306 g/mol. The van der Waals surface area contributed by atoms with E-state index in [2.05, 4.69) is 20.3 Å². The number of aliphatic hydroxyl groups is 1. The molecule has 8 nitrogen and oxygen atoms in total. The lowest BCUT2D eigenvalue weighted by Gasteiger charge is -2.13. The van der Waals surface area contributed by atoms with Crippen LogP contribution in [-0.4, -0.2) is 49.6 Å². The highest BCUT2D eigenvalue weighted by atomic mass is 16.4. The van der Waals surface area contributed by atoms with Crippen LogP contribution >= 0.6 is 0 Å². The highest BCUT2D eigenvalue weighted by Crippen LogP contribution is 2.34. The number of nitrogens with zero attached hydrogens (tertiary/aromatic N) is 3. The molecule has 3 N–H and O–H groups in total. The Morgan fingerprint density at radius 3 is 2.86 bits per heavy atom. The Balaban J connectivity index is 1.70. The largest absolute Gasteiger partial charge is 0.481 e. The molecule has 0 amide bonds. The molecule has 3 rings (SSSR count). The van der Waals surface area contributed by atoms with Crippen LogP contribution in [0.25, 0.3) is 0 Å². The summed E-state index contributed by atoms with van der Waals surface area (Å²) in [5.74, 6) is 0.529. The van der Waals surface area contributed by atoms with Gasteiger partial charge in [-0.05, 0) is 18.1 Å². The normalized spacial score (nSPS) is 22.2. The lowest BCUT2D eigenvalue weighted by atomic mass is 9.91. The SMILES string of the molecule is O=C(O)C[C@@H]1CN(Cc2ccc(CO)o2)C[C@@H]1c1cn[nH]n1. The molecular weight excluding hydrogens is 288 g/mol. The number of nitrogens with one attached hydrogen (secondary N) is 1. The first-order valence-electron chi connectivity index (χ1n) is 7.14. The van der Waals surface area contributed by atoms with E-state index in [9.17, 15) is 4.79 Å². The molecule has 1 saturated heterocycles. The van der Waals surface area contributed by atoms with E-state index in [-0.39, 0.29) is 24.9 Å². The zero-order chi connectivity index (χ0) is 15.5. The second-order valence-electron chi connectivity index (χ2n) is 5.58. The summed E-state index contributed by atoms with van der Waals surface area (Å²) in [6, 6.07) is 3.58. The van der Waals surface area contributed by atoms with E-state index in [1.54, 1.807) is 12.3 Å². The molecule has 1 aliphatic rings. The third-order valence-corrected chi connectivity index (χ3v) is 4.02. The van der Waals surface area contributed by atoms with Gasteiger partial charge in [-0.15, -0.1) is 0 Å². The molecule has 118 valence electrons. The smallest absolute Gasteiger partial charge is 0.303 e. The molecule has 8 heteroatoms. The summed E-state index contributed by atoms with van der Waals surface area (Å²) in [7, 11) is 0. The number of carboxylic acid groups (broad SMARTS) is 1. The van der Waals surface area contributed by atoms with Crippen molar-refractivity contribution in [2.24, 2.45) is 5.92 Å². The number of aromatic amines is 1. The Morgan fingerprint density at radius 2 is 2.23 bits per heavy atom. The first-order chi connectivity index (χ1) is 10.7. The Hall–Kier alpha value is -2.19. The van der Waals surface area contributed by atoms with E-state index < -0.39 is 5.97 Å². The Labute approximate surface area is 126 Å². The van der Waals surface area contributed by atoms with Crippen LogP contribution in [0.3, 0.4) is 0 Å². The van der Waals surface area contributed by atoms with E-state index in [4.69, 9.17) is 14.6 Å². The van der Waals surface area contributed by atoms with Crippen LogP contribution < -0.4 is 0 Å². The van der Waals surface area contributed by atoms with Crippen molar-refractivity contribution >= 4 is 5.97 Å². The van der Waals surface area contributed by atoms with Crippen molar-refractivity contribution in [1.82, 2.24) is 20.3 Å². The van der Waals surface area contributed by atoms with Crippen molar-refractivity contribution in [3.63, 3.8) is 0 Å². The van der Waals surface area contributed by atoms with E-state index in [0.717, 1.165) is 11.5 Å². The van der Waals surface area contributed by atoms with Crippen molar-refractivity contribution in [2.75, 3.05) is 13.1 Å². The van der Waals surface area contributed by atoms with E-state index in [1.807, 2.05) is 6.07 Å². The van der Waals surface area contributed by atoms with Crippen LogP contribution in [0.1, 0.15) is 29.6 Å². The molecule has 22 heavy (non-hydrogen) atoms. The molecule has 0 aromatic carbocycles. The highest BCUT2D eigenvalue weighted by molar-refractivity contribution is 5.67. The van der Waals surface area contributed by atoms with E-state index >= 15 is 0 Å². The molecule has 1 fully saturated rings. The van der Waals surface area contributed by atoms with Crippen LogP contribution in [0.15, 0.2) is 22.7 Å². The maximum absolute atomic E-state index is 11.1. The minimum atomic E-state index is -0.805. The number of carboxylic acids is 1. The predicted molar refractivity (Wildman–Crippen MR) is 74.8 cm³/mol. The van der Waals surface area contributed by atoms with Crippen LogP contribution in [0, 0.1) is 5.92 Å². The molecule has 0 saturated carbocycles. The first kappa shape index (κ1) is 14.7. The number of aliphatic carboxylic acids is 1. The maximum atomic E-state index is 11.1. The molecule has 0 unspecified atom stereocenters. The highest BCUT2D eigenvalue weighted by Gasteiger charge is 2.36. The van der Waals surface area contributed by atoms with E-state index in [1.165, 1.54) is 0 Å². The van der Waals surface area contributed by atoms with Gasteiger partial charge in [-0.25, -0.2) is 0 Å². The van der Waals surface area contributed by atoms with Gasteiger partial charge in [0.15, 0.2) is 0 Å². The van der Waals surface area contributed by atoms with Gasteiger partial charge >= 0.3 is 5.97 Å². The second-order valence-corrected chi connectivity index (χ2v) is 5.58. The zero-order valence-electron chi connectivity index (χ0n) is 12.0. The molecule has 0 aliphatic carbocycles. The number of H-pyrrole nitrogens is 1. The van der Waals surface area contributed by atoms with Crippen molar-refractivity contribution in [3.05, 3.63) is 35.5 Å². The number of furan rings is 1. The summed E-state index contributed by atoms with van der Waals surface area (Å²) >= 11 is 0. The third-order valence-electron chi connectivity index (χ3n) is 4.02. The summed E-state index contributed by atoms with van der Waals surface area (Å²) in [5, 5.41) is 28.6. The molecule has 3 heterocycles. The van der Waals surface area contributed by atoms with Crippen molar-refractivity contribution < 1.29 is 19.4 Å². The summed E-state index contributed by atoms with van der Waals surface area (Å²) in [4.78, 5) is 13.2. The fourth-order valence-corrected chi connectivity index (χ4v) is 3.06. The van der Waals surface area contributed by atoms with Crippen molar-refractivity contribution in [3.8, 4) is 0 Å². The van der Waals surface area contributed by atoms with Gasteiger partial charge in [0.2, 0.25) is 0 Å². The first-order valence-corrected chi connectivity index (χ1v) is 7.14. The third kappa shape index (κ3) is 3.18. The van der Waals surface area contributed by atoms with Gasteiger partial charge in [0, 0.05) is 19.0 Å². The minimum Gasteiger partial charge on any atom is -0.481 e. The van der Waals surface area contributed by atoms with E-state index in [0.29, 0.717) is 25.4 Å². The van der Waals surface area contributed by atoms with Gasteiger partial charge in [0.1, 0.15) is 18.1 Å². The number of likely N-dealkylation sites (tertiary alicyclic amines) is 1. The van der Waals surface area contributed by atoms with Gasteiger partial charge in [-0.2, -0.15) is 15.4 Å². The van der Waals surface area contributed by atoms with Gasteiger partial charge in [-0.1, -0.05) is 0 Å². The van der Waals surface area contributed by atoms with Crippen LogP contribution in [-0.2, 0) is 17.9 Å². The molecule has 0 radical (unpaired) electrons. The van der Waals surface area contributed by atoms with Gasteiger partial charge < -0.3 is 14.6 Å². The number of carbonyl (C=O) groups is 1. The molecule has 2 atom stereocenters. The topological polar surface area (TPSA) is 115 Å². The predicted octanol–water partition coefficient (Wildman–Crippen LogP) is 0.580. The molecule has 2 aromatic heterocycles. The molecule has 0 spiro atoms. The quantitative estimate of drug-likeness (QED) is 0.715. The van der Waals surface area contributed by atoms with Crippen LogP contribution in [0.2, 0.25) is 0 Å². The number of hydrogen-bond donors (Lipinski definition) is 3. The lowest BCUT2D eigenvalue weighted by Crippen LogP contribution is -2.20. The molecule has 2 aromatic rings. The average Bonchev–Trinajstić information content (AvgIpc) is 3.19. The fraction of sp³-hybridized carbons (Fsp3) is 0.500. The Bertz CT molecular complexity index is 625. The average molecular weight is 306 g/mol. The number of rotatable bonds is 6. The molecular formula is C14H18N4O4. The van der Waals surface area contributed by atoms with Gasteiger partial charge in [-0.3, -0.25) is 9.69 Å². The van der Waals surface area contributed by atoms with Crippen molar-refractivity contribution in [2.45, 2.75) is 25.5 Å². The number of hydrogen-bond acceptors (Lipinski definition) is 6. The second kappa shape index (κ2) is 6.29. The maximum Gasteiger partial charge on any atom is 0.303 e. The summed E-state index contributed by atoms with van der Waals surface area (Å²) in [6.07, 6.45) is 1.76. The van der Waals surface area contributed by atoms with Gasteiger partial charge in [0.25, 0.3) is 0 Å². The Kier molecular flexibility index (Phi) is 4.21. The van der Waals surface area contributed by atoms with Crippen LogP contribution in [0.5, 0.6) is 0 Å². The molecule has 1 aliphatic heterocycles. The summed E-state index contributed by atoms with van der Waals surface area (Å²) in [6.45, 7) is 1.84. The van der Waals surface area contributed by atoms with Crippen molar-refractivity contribution in [1.29, 1.82) is 0 Å². The zero-order valence-corrected chi connectivity index (χ0v) is 12.0.